The third kappa shape index (κ3) is 3.72. The maximum absolute atomic E-state index is 11.7. The Bertz CT molecular complexity index is 512. The zero-order valence-corrected chi connectivity index (χ0v) is 11.4. The number of nitrogens with zero attached hydrogens (tertiary/aromatic N) is 1. The van der Waals surface area contributed by atoms with E-state index in [1.54, 1.807) is 18.2 Å². The van der Waals surface area contributed by atoms with Crippen LogP contribution in [0.1, 0.15) is 10.4 Å². The van der Waals surface area contributed by atoms with Gasteiger partial charge in [-0.2, -0.15) is 12.7 Å². The molecule has 0 unspecified atom stereocenters. The van der Waals surface area contributed by atoms with Crippen molar-refractivity contribution in [2.24, 2.45) is 0 Å². The van der Waals surface area contributed by atoms with Gasteiger partial charge in [0.05, 0.1) is 0 Å². The lowest BCUT2D eigenvalue weighted by atomic mass is 10.2. The minimum atomic E-state index is -3.74. The predicted octanol–water partition coefficient (Wildman–Crippen LogP) is 0.945. The fourth-order valence-corrected chi connectivity index (χ4v) is 2.03. The van der Waals surface area contributed by atoms with Gasteiger partial charge in [-0.1, -0.05) is 6.07 Å². The van der Waals surface area contributed by atoms with Crippen molar-refractivity contribution in [3.63, 3.8) is 0 Å². The summed E-state index contributed by atoms with van der Waals surface area (Å²) in [6, 6.07) is 6.77. The summed E-state index contributed by atoms with van der Waals surface area (Å²) in [6.07, 6.45) is 1.88. The molecule has 1 aromatic carbocycles. The van der Waals surface area contributed by atoms with Gasteiger partial charge in [-0.25, -0.2) is 4.72 Å². The largest absolute Gasteiger partial charge is 0.303 e. The van der Waals surface area contributed by atoms with Gasteiger partial charge >= 0.3 is 10.2 Å². The number of thioether (sulfide) groups is 1. The lowest BCUT2D eigenvalue weighted by Gasteiger charge is -2.12. The molecule has 7 heteroatoms. The third-order valence-corrected chi connectivity index (χ3v) is 4.16. The van der Waals surface area contributed by atoms with Crippen LogP contribution in [0.5, 0.6) is 0 Å². The number of hydrogen-bond acceptors (Lipinski definition) is 4. The van der Waals surface area contributed by atoms with Crippen molar-refractivity contribution < 1.29 is 13.2 Å². The summed E-state index contributed by atoms with van der Waals surface area (Å²) in [5.74, 6) is -0.630. The molecule has 1 aromatic rings. The van der Waals surface area contributed by atoms with E-state index in [2.05, 4.69) is 0 Å². The van der Waals surface area contributed by atoms with Crippen LogP contribution in [-0.2, 0) is 10.2 Å². The van der Waals surface area contributed by atoms with Crippen LogP contribution in [0.2, 0.25) is 0 Å². The summed E-state index contributed by atoms with van der Waals surface area (Å²) in [6.45, 7) is 0. The van der Waals surface area contributed by atoms with Crippen molar-refractivity contribution >= 4 is 27.9 Å². The van der Waals surface area contributed by atoms with Gasteiger partial charge in [0.2, 0.25) is 0 Å². The van der Waals surface area contributed by atoms with Crippen molar-refractivity contribution in [2.45, 2.75) is 4.90 Å². The van der Waals surface area contributed by atoms with E-state index in [-0.39, 0.29) is 0 Å². The van der Waals surface area contributed by atoms with Crippen LogP contribution in [-0.4, -0.2) is 39.0 Å². The van der Waals surface area contributed by atoms with Crippen LogP contribution in [0.25, 0.3) is 0 Å². The number of benzene rings is 1. The van der Waals surface area contributed by atoms with E-state index in [1.807, 2.05) is 17.0 Å². The SMILES string of the molecule is CSc1cccc(C(=O)NS(=O)(=O)N(C)C)c1. The smallest absolute Gasteiger partial charge is 0.268 e. The summed E-state index contributed by atoms with van der Waals surface area (Å²) >= 11 is 1.48. The molecule has 94 valence electrons. The second-order valence-electron chi connectivity index (χ2n) is 3.45. The first-order chi connectivity index (χ1) is 7.86. The number of carbonyl (C=O) groups is 1. The number of nitrogens with one attached hydrogen (secondary N) is 1. The molecule has 0 spiro atoms. The molecule has 0 aromatic heterocycles. The van der Waals surface area contributed by atoms with Gasteiger partial charge in [0.15, 0.2) is 0 Å². The second-order valence-corrected chi connectivity index (χ2v) is 6.21. The van der Waals surface area contributed by atoms with Gasteiger partial charge in [0.1, 0.15) is 0 Å². The molecule has 0 heterocycles. The van der Waals surface area contributed by atoms with Crippen LogP contribution >= 0.6 is 11.8 Å². The quantitative estimate of drug-likeness (QED) is 0.830. The maximum atomic E-state index is 11.7. The van der Waals surface area contributed by atoms with E-state index in [0.29, 0.717) is 5.56 Å². The zero-order chi connectivity index (χ0) is 13.1. The Kier molecular flexibility index (Phi) is 4.55. The van der Waals surface area contributed by atoms with Gasteiger partial charge in [-0.05, 0) is 24.5 Å². The number of amides is 1. The van der Waals surface area contributed by atoms with E-state index in [1.165, 1.54) is 25.9 Å². The molecule has 5 nitrogen and oxygen atoms in total. The molecule has 0 saturated heterocycles. The number of rotatable bonds is 4. The first-order valence-corrected chi connectivity index (χ1v) is 7.42. The topological polar surface area (TPSA) is 66.5 Å². The number of hydrogen-bond donors (Lipinski definition) is 1. The third-order valence-electron chi connectivity index (χ3n) is 2.03. The molecular weight excluding hydrogens is 260 g/mol. The molecule has 17 heavy (non-hydrogen) atoms. The Morgan fingerprint density at radius 3 is 2.53 bits per heavy atom. The predicted molar refractivity (Wildman–Crippen MR) is 68.3 cm³/mol. The highest BCUT2D eigenvalue weighted by molar-refractivity contribution is 7.98. The molecule has 1 N–H and O–H groups in total. The first kappa shape index (κ1) is 14.0. The second kappa shape index (κ2) is 5.52. The molecule has 0 aliphatic carbocycles. The molecule has 1 amide bonds. The summed E-state index contributed by atoms with van der Waals surface area (Å²) in [4.78, 5) is 12.6. The van der Waals surface area contributed by atoms with Crippen LogP contribution in [0.15, 0.2) is 29.2 Å². The standard InChI is InChI=1S/C10H14N2O3S2/c1-12(2)17(14,15)11-10(13)8-5-4-6-9(7-8)16-3/h4-7H,1-3H3,(H,11,13). The zero-order valence-electron chi connectivity index (χ0n) is 9.80. The van der Waals surface area contributed by atoms with Crippen molar-refractivity contribution in [3.8, 4) is 0 Å². The van der Waals surface area contributed by atoms with Crippen LogP contribution in [0, 0.1) is 0 Å². The minimum absolute atomic E-state index is 0.322. The fourth-order valence-electron chi connectivity index (χ4n) is 1.03. The van der Waals surface area contributed by atoms with E-state index in [9.17, 15) is 13.2 Å². The van der Waals surface area contributed by atoms with Gasteiger partial charge in [0.25, 0.3) is 5.91 Å². The summed E-state index contributed by atoms with van der Waals surface area (Å²) in [5.41, 5.74) is 0.322. The molecule has 0 fully saturated rings. The Morgan fingerprint density at radius 2 is 2.00 bits per heavy atom. The summed E-state index contributed by atoms with van der Waals surface area (Å²) in [7, 11) is -1.03. The Morgan fingerprint density at radius 1 is 1.35 bits per heavy atom. The van der Waals surface area contributed by atoms with Crippen molar-refractivity contribution in [3.05, 3.63) is 29.8 Å². The van der Waals surface area contributed by atoms with Gasteiger partial charge < -0.3 is 0 Å². The van der Waals surface area contributed by atoms with E-state index in [0.717, 1.165) is 9.20 Å². The average molecular weight is 274 g/mol. The first-order valence-electron chi connectivity index (χ1n) is 4.75. The summed E-state index contributed by atoms with van der Waals surface area (Å²) in [5, 5.41) is 0. The molecule has 0 aliphatic heterocycles. The van der Waals surface area contributed by atoms with Gasteiger partial charge in [-0.3, -0.25) is 4.79 Å². The number of carbonyl (C=O) groups excluding carboxylic acids is 1. The molecule has 0 radical (unpaired) electrons. The average Bonchev–Trinajstić information content (AvgIpc) is 2.28. The van der Waals surface area contributed by atoms with Crippen molar-refractivity contribution in [1.29, 1.82) is 0 Å². The van der Waals surface area contributed by atoms with Crippen LogP contribution in [0.3, 0.4) is 0 Å². The maximum Gasteiger partial charge on any atom is 0.303 e. The highest BCUT2D eigenvalue weighted by Crippen LogP contribution is 2.15. The Balaban J connectivity index is 2.91. The Labute approximate surface area is 105 Å². The fraction of sp³-hybridized carbons (Fsp3) is 0.300. The van der Waals surface area contributed by atoms with E-state index >= 15 is 0 Å². The lowest BCUT2D eigenvalue weighted by Crippen LogP contribution is -2.39. The van der Waals surface area contributed by atoms with E-state index < -0.39 is 16.1 Å². The monoisotopic (exact) mass is 274 g/mol. The van der Waals surface area contributed by atoms with Crippen LogP contribution in [0.4, 0.5) is 0 Å². The molecule has 0 saturated carbocycles. The van der Waals surface area contributed by atoms with Crippen molar-refractivity contribution in [2.75, 3.05) is 20.4 Å². The van der Waals surface area contributed by atoms with E-state index in [4.69, 9.17) is 0 Å². The molecule has 0 bridgehead atoms. The van der Waals surface area contributed by atoms with Gasteiger partial charge in [0, 0.05) is 24.6 Å². The lowest BCUT2D eigenvalue weighted by molar-refractivity contribution is 0.0979. The highest BCUT2D eigenvalue weighted by Gasteiger charge is 2.18. The minimum Gasteiger partial charge on any atom is -0.268 e. The Hall–Kier alpha value is -1.05. The molecule has 0 aliphatic rings. The molecular formula is C10H14N2O3S2. The molecule has 0 atom stereocenters. The normalized spacial score (nSPS) is 11.5. The highest BCUT2D eigenvalue weighted by atomic mass is 32.2. The molecule has 1 rings (SSSR count). The van der Waals surface area contributed by atoms with Crippen LogP contribution < -0.4 is 4.72 Å². The van der Waals surface area contributed by atoms with Crippen molar-refractivity contribution in [1.82, 2.24) is 9.03 Å². The van der Waals surface area contributed by atoms with Gasteiger partial charge in [-0.15, -0.1) is 11.8 Å². The summed E-state index contributed by atoms with van der Waals surface area (Å²) < 4.78 is 25.8.